The van der Waals surface area contributed by atoms with Crippen molar-refractivity contribution in [3.8, 4) is 5.75 Å². The molecule has 1 saturated heterocycles. The molecule has 2 aromatic rings. The Hall–Kier alpha value is -2.82. The number of hydrogen-bond donors (Lipinski definition) is 0. The van der Waals surface area contributed by atoms with Crippen molar-refractivity contribution in [1.82, 2.24) is 0 Å². The first-order chi connectivity index (χ1) is 11.7. The van der Waals surface area contributed by atoms with Crippen LogP contribution in [-0.2, 0) is 16.0 Å². The predicted molar refractivity (Wildman–Crippen MR) is 91.4 cm³/mol. The highest BCUT2D eigenvalue weighted by atomic mass is 16.5. The molecule has 2 aliphatic heterocycles. The smallest absolute Gasteiger partial charge is 0.256 e. The maximum atomic E-state index is 12.9. The van der Waals surface area contributed by atoms with E-state index >= 15 is 0 Å². The highest BCUT2D eigenvalue weighted by molar-refractivity contribution is 6.23. The van der Waals surface area contributed by atoms with Gasteiger partial charge in [-0.15, -0.1) is 0 Å². The third-order valence-corrected chi connectivity index (χ3v) is 4.75. The van der Waals surface area contributed by atoms with Gasteiger partial charge in [0.1, 0.15) is 11.8 Å². The van der Waals surface area contributed by atoms with E-state index in [1.807, 2.05) is 18.2 Å². The van der Waals surface area contributed by atoms with Gasteiger partial charge in [0.2, 0.25) is 5.91 Å². The van der Waals surface area contributed by atoms with Crippen molar-refractivity contribution in [1.29, 1.82) is 0 Å². The number of ether oxygens (including phenoxy) is 1. The van der Waals surface area contributed by atoms with Gasteiger partial charge in [0, 0.05) is 12.2 Å². The van der Waals surface area contributed by atoms with Crippen LogP contribution in [0.1, 0.15) is 12.0 Å². The zero-order valence-corrected chi connectivity index (χ0v) is 13.4. The number of methoxy groups -OCH3 is 1. The fourth-order valence-corrected chi connectivity index (χ4v) is 3.55. The Balaban J connectivity index is 1.62. The molecule has 0 bridgehead atoms. The fraction of sp³-hybridized carbons (Fsp3) is 0.263. The zero-order chi connectivity index (χ0) is 16.7. The maximum absolute atomic E-state index is 12.9. The van der Waals surface area contributed by atoms with Crippen LogP contribution in [0.15, 0.2) is 48.5 Å². The standard InChI is InChI=1S/C19H18N2O3/c1-24-15-8-6-14(7-9-15)21-18(22)12-17(19(21)23)20-11-10-13-4-2-3-5-16(13)20/h2-9,17H,10-12H2,1H3/t17-/m1/s1. The highest BCUT2D eigenvalue weighted by Crippen LogP contribution is 2.34. The van der Waals surface area contributed by atoms with E-state index in [4.69, 9.17) is 4.74 Å². The van der Waals surface area contributed by atoms with Gasteiger partial charge >= 0.3 is 0 Å². The lowest BCUT2D eigenvalue weighted by atomic mass is 10.1. The number of fused-ring (bicyclic) bond motifs is 1. The number of benzene rings is 2. The molecule has 4 rings (SSSR count). The molecule has 0 unspecified atom stereocenters. The molecule has 0 radical (unpaired) electrons. The lowest BCUT2D eigenvalue weighted by molar-refractivity contribution is -0.121. The number of imide groups is 1. The van der Waals surface area contributed by atoms with Crippen molar-refractivity contribution in [2.45, 2.75) is 18.9 Å². The van der Waals surface area contributed by atoms with E-state index < -0.39 is 6.04 Å². The predicted octanol–water partition coefficient (Wildman–Crippen LogP) is 2.39. The van der Waals surface area contributed by atoms with Gasteiger partial charge in [0.15, 0.2) is 0 Å². The molecule has 1 atom stereocenters. The van der Waals surface area contributed by atoms with Crippen molar-refractivity contribution in [2.75, 3.05) is 23.5 Å². The second kappa shape index (κ2) is 5.67. The third kappa shape index (κ3) is 2.24. The first-order valence-corrected chi connectivity index (χ1v) is 8.04. The van der Waals surface area contributed by atoms with Gasteiger partial charge < -0.3 is 9.64 Å². The molecular formula is C19H18N2O3. The van der Waals surface area contributed by atoms with Crippen LogP contribution in [0, 0.1) is 0 Å². The van der Waals surface area contributed by atoms with Crippen LogP contribution < -0.4 is 14.5 Å². The minimum absolute atomic E-state index is 0.151. The van der Waals surface area contributed by atoms with E-state index in [0.717, 1.165) is 18.7 Å². The Morgan fingerprint density at radius 3 is 2.54 bits per heavy atom. The summed E-state index contributed by atoms with van der Waals surface area (Å²) in [5.74, 6) is 0.393. The van der Waals surface area contributed by atoms with Crippen molar-refractivity contribution < 1.29 is 14.3 Å². The Morgan fingerprint density at radius 2 is 1.79 bits per heavy atom. The summed E-state index contributed by atoms with van der Waals surface area (Å²) >= 11 is 0. The number of carbonyl (C=O) groups excluding carboxylic acids is 2. The quantitative estimate of drug-likeness (QED) is 0.814. The topological polar surface area (TPSA) is 49.9 Å². The van der Waals surface area contributed by atoms with Crippen LogP contribution in [0.25, 0.3) is 0 Å². The number of hydrogen-bond acceptors (Lipinski definition) is 4. The van der Waals surface area contributed by atoms with Crippen LogP contribution in [0.4, 0.5) is 11.4 Å². The van der Waals surface area contributed by atoms with Crippen molar-refractivity contribution in [2.24, 2.45) is 0 Å². The molecular weight excluding hydrogens is 304 g/mol. The summed E-state index contributed by atoms with van der Waals surface area (Å²) < 4.78 is 5.13. The van der Waals surface area contributed by atoms with Crippen molar-refractivity contribution in [3.63, 3.8) is 0 Å². The van der Waals surface area contributed by atoms with E-state index in [2.05, 4.69) is 11.0 Å². The summed E-state index contributed by atoms with van der Waals surface area (Å²) in [5, 5.41) is 0. The molecule has 0 N–H and O–H groups in total. The Labute approximate surface area is 140 Å². The molecule has 1 fully saturated rings. The van der Waals surface area contributed by atoms with Gasteiger partial charge in [-0.3, -0.25) is 9.59 Å². The first kappa shape index (κ1) is 14.8. The van der Waals surface area contributed by atoms with E-state index in [9.17, 15) is 9.59 Å². The number of para-hydroxylation sites is 1. The SMILES string of the molecule is COc1ccc(N2C(=O)C[C@@H](N3CCc4ccccc43)C2=O)cc1. The largest absolute Gasteiger partial charge is 0.497 e. The average molecular weight is 322 g/mol. The molecule has 0 saturated carbocycles. The Bertz CT molecular complexity index is 801. The summed E-state index contributed by atoms with van der Waals surface area (Å²) in [6.45, 7) is 0.777. The molecule has 2 aromatic carbocycles. The molecule has 0 aromatic heterocycles. The molecule has 2 aliphatic rings. The van der Waals surface area contributed by atoms with E-state index in [1.54, 1.807) is 31.4 Å². The van der Waals surface area contributed by atoms with Crippen molar-refractivity contribution >= 4 is 23.2 Å². The molecule has 5 heteroatoms. The van der Waals surface area contributed by atoms with Crippen molar-refractivity contribution in [3.05, 3.63) is 54.1 Å². The number of nitrogens with zero attached hydrogens (tertiary/aromatic N) is 2. The van der Waals surface area contributed by atoms with Crippen LogP contribution in [0.2, 0.25) is 0 Å². The average Bonchev–Trinajstić information content (AvgIpc) is 3.16. The molecule has 0 spiro atoms. The van der Waals surface area contributed by atoms with Crippen LogP contribution >= 0.6 is 0 Å². The number of rotatable bonds is 3. The summed E-state index contributed by atoms with van der Waals surface area (Å²) in [6.07, 6.45) is 1.13. The van der Waals surface area contributed by atoms with Gasteiger partial charge in [-0.05, 0) is 42.3 Å². The monoisotopic (exact) mass is 322 g/mol. The summed E-state index contributed by atoms with van der Waals surface area (Å²) in [6, 6.07) is 14.7. The van der Waals surface area contributed by atoms with E-state index in [1.165, 1.54) is 10.5 Å². The molecule has 0 aliphatic carbocycles. The van der Waals surface area contributed by atoms with Crippen LogP contribution in [0.3, 0.4) is 0 Å². The second-order valence-electron chi connectivity index (χ2n) is 6.06. The van der Waals surface area contributed by atoms with Gasteiger partial charge in [0.25, 0.3) is 5.91 Å². The number of amides is 2. The fourth-order valence-electron chi connectivity index (χ4n) is 3.55. The van der Waals surface area contributed by atoms with Crippen LogP contribution in [-0.4, -0.2) is 31.5 Å². The second-order valence-corrected chi connectivity index (χ2v) is 6.06. The molecule has 24 heavy (non-hydrogen) atoms. The van der Waals surface area contributed by atoms with Gasteiger partial charge in [-0.1, -0.05) is 18.2 Å². The molecule has 2 amide bonds. The minimum Gasteiger partial charge on any atom is -0.497 e. The lowest BCUT2D eigenvalue weighted by Gasteiger charge is -2.25. The van der Waals surface area contributed by atoms with Gasteiger partial charge in [-0.25, -0.2) is 4.90 Å². The number of carbonyl (C=O) groups is 2. The zero-order valence-electron chi connectivity index (χ0n) is 13.4. The lowest BCUT2D eigenvalue weighted by Crippen LogP contribution is -2.41. The van der Waals surface area contributed by atoms with E-state index in [0.29, 0.717) is 11.4 Å². The summed E-state index contributed by atoms with van der Waals surface area (Å²) in [5.41, 5.74) is 2.90. The van der Waals surface area contributed by atoms with Gasteiger partial charge in [0.05, 0.1) is 19.2 Å². The van der Waals surface area contributed by atoms with E-state index in [-0.39, 0.29) is 18.2 Å². The van der Waals surface area contributed by atoms with Gasteiger partial charge in [-0.2, -0.15) is 0 Å². The Morgan fingerprint density at radius 1 is 1.04 bits per heavy atom. The van der Waals surface area contributed by atoms with Crippen LogP contribution in [0.5, 0.6) is 5.75 Å². The molecule has 122 valence electrons. The third-order valence-electron chi connectivity index (χ3n) is 4.75. The first-order valence-electron chi connectivity index (χ1n) is 8.04. The number of anilines is 2. The highest BCUT2D eigenvalue weighted by Gasteiger charge is 2.44. The minimum atomic E-state index is -0.414. The summed E-state index contributed by atoms with van der Waals surface area (Å²) in [7, 11) is 1.59. The molecule has 2 heterocycles. The Kier molecular flexibility index (Phi) is 3.49. The normalized spacial score (nSPS) is 19.8. The maximum Gasteiger partial charge on any atom is 0.256 e. The summed E-state index contributed by atoms with van der Waals surface area (Å²) in [4.78, 5) is 28.7. The molecule has 5 nitrogen and oxygen atoms in total.